The van der Waals surface area contributed by atoms with Crippen LogP contribution in [0.5, 0.6) is 0 Å². The summed E-state index contributed by atoms with van der Waals surface area (Å²) < 4.78 is 0. The molecule has 1 saturated heterocycles. The fourth-order valence-corrected chi connectivity index (χ4v) is 1.72. The molecule has 1 atom stereocenters. The lowest BCUT2D eigenvalue weighted by Crippen LogP contribution is -2.48. The second kappa shape index (κ2) is 4.46. The summed E-state index contributed by atoms with van der Waals surface area (Å²) in [6.07, 6.45) is 2.27. The van der Waals surface area contributed by atoms with Gasteiger partial charge in [-0.25, -0.2) is 4.79 Å². The van der Waals surface area contributed by atoms with E-state index < -0.39 is 12.0 Å². The SMILES string of the molecule is O=C(O)[C@H]1CCCCN1C(=O)CCl. The number of likely N-dealkylation sites (tertiary alicyclic amines) is 1. The molecule has 74 valence electrons. The highest BCUT2D eigenvalue weighted by Crippen LogP contribution is 2.17. The van der Waals surface area contributed by atoms with Crippen molar-refractivity contribution in [2.75, 3.05) is 12.4 Å². The molecule has 1 fully saturated rings. The van der Waals surface area contributed by atoms with Gasteiger partial charge in [0.05, 0.1) is 0 Å². The Morgan fingerprint density at radius 3 is 2.69 bits per heavy atom. The van der Waals surface area contributed by atoms with Crippen LogP contribution in [-0.4, -0.2) is 40.3 Å². The maximum Gasteiger partial charge on any atom is 0.326 e. The van der Waals surface area contributed by atoms with Crippen molar-refractivity contribution < 1.29 is 14.7 Å². The van der Waals surface area contributed by atoms with Crippen molar-refractivity contribution in [3.05, 3.63) is 0 Å². The quantitative estimate of drug-likeness (QED) is 0.675. The molecule has 1 N–H and O–H groups in total. The molecular weight excluding hydrogens is 194 g/mol. The van der Waals surface area contributed by atoms with Gasteiger partial charge in [-0.05, 0) is 19.3 Å². The normalized spacial score (nSPS) is 22.8. The Morgan fingerprint density at radius 2 is 2.15 bits per heavy atom. The molecule has 0 unspecified atom stereocenters. The predicted octanol–water partition coefficient (Wildman–Crippen LogP) is 0.691. The first-order valence-corrected chi connectivity index (χ1v) is 4.78. The van der Waals surface area contributed by atoms with Crippen molar-refractivity contribution in [2.24, 2.45) is 0 Å². The van der Waals surface area contributed by atoms with Gasteiger partial charge < -0.3 is 10.0 Å². The fourth-order valence-electron chi connectivity index (χ4n) is 1.56. The van der Waals surface area contributed by atoms with E-state index in [1.807, 2.05) is 0 Å². The summed E-state index contributed by atoms with van der Waals surface area (Å²) in [5, 5.41) is 8.82. The number of nitrogens with zero attached hydrogens (tertiary/aromatic N) is 1. The van der Waals surface area contributed by atoms with Crippen LogP contribution in [0.25, 0.3) is 0 Å². The predicted molar refractivity (Wildman–Crippen MR) is 47.7 cm³/mol. The zero-order valence-electron chi connectivity index (χ0n) is 7.20. The molecule has 0 aromatic rings. The number of carboxylic acid groups (broad SMARTS) is 1. The molecule has 1 amide bonds. The molecule has 1 aliphatic heterocycles. The molecule has 0 spiro atoms. The van der Waals surface area contributed by atoms with Crippen LogP contribution in [0, 0.1) is 0 Å². The molecule has 13 heavy (non-hydrogen) atoms. The third kappa shape index (κ3) is 2.34. The largest absolute Gasteiger partial charge is 0.480 e. The summed E-state index contributed by atoms with van der Waals surface area (Å²) in [5.41, 5.74) is 0. The minimum absolute atomic E-state index is 0.135. The molecule has 0 saturated carbocycles. The number of halogens is 1. The van der Waals surface area contributed by atoms with E-state index in [1.165, 1.54) is 4.90 Å². The van der Waals surface area contributed by atoms with Gasteiger partial charge in [-0.1, -0.05) is 0 Å². The number of carbonyl (C=O) groups excluding carboxylic acids is 1. The highest BCUT2D eigenvalue weighted by molar-refractivity contribution is 6.27. The molecule has 0 radical (unpaired) electrons. The molecular formula is C8H12ClNO3. The van der Waals surface area contributed by atoms with Gasteiger partial charge >= 0.3 is 5.97 Å². The van der Waals surface area contributed by atoms with Crippen molar-refractivity contribution in [3.8, 4) is 0 Å². The van der Waals surface area contributed by atoms with E-state index in [-0.39, 0.29) is 11.8 Å². The standard InChI is InChI=1S/C8H12ClNO3/c9-5-7(11)10-4-2-1-3-6(10)8(12)13/h6H,1-5H2,(H,12,13)/t6-/m1/s1. The average Bonchev–Trinajstić information content (AvgIpc) is 2.16. The van der Waals surface area contributed by atoms with E-state index in [9.17, 15) is 9.59 Å². The van der Waals surface area contributed by atoms with Crippen LogP contribution in [0.3, 0.4) is 0 Å². The van der Waals surface area contributed by atoms with E-state index in [4.69, 9.17) is 16.7 Å². The fraction of sp³-hybridized carbons (Fsp3) is 0.750. The third-order valence-corrected chi connectivity index (χ3v) is 2.45. The maximum absolute atomic E-state index is 11.2. The molecule has 0 aliphatic carbocycles. The lowest BCUT2D eigenvalue weighted by atomic mass is 10.0. The van der Waals surface area contributed by atoms with Gasteiger partial charge in [0.15, 0.2) is 0 Å². The minimum Gasteiger partial charge on any atom is -0.480 e. The van der Waals surface area contributed by atoms with Crippen LogP contribution in [0.4, 0.5) is 0 Å². The zero-order chi connectivity index (χ0) is 9.84. The van der Waals surface area contributed by atoms with Crippen LogP contribution in [0.1, 0.15) is 19.3 Å². The number of piperidine rings is 1. The first-order chi connectivity index (χ1) is 6.16. The Labute approximate surface area is 81.5 Å². The summed E-state index contributed by atoms with van der Waals surface area (Å²) in [6, 6.07) is -0.667. The molecule has 5 heteroatoms. The first kappa shape index (κ1) is 10.3. The van der Waals surface area contributed by atoms with Crippen molar-refractivity contribution in [1.29, 1.82) is 0 Å². The third-order valence-electron chi connectivity index (χ3n) is 2.22. The van der Waals surface area contributed by atoms with Gasteiger partial charge in [0, 0.05) is 6.54 Å². The van der Waals surface area contributed by atoms with Crippen molar-refractivity contribution >= 4 is 23.5 Å². The van der Waals surface area contributed by atoms with Gasteiger partial charge in [0.2, 0.25) is 5.91 Å². The molecule has 0 aromatic carbocycles. The first-order valence-electron chi connectivity index (χ1n) is 4.25. The van der Waals surface area contributed by atoms with Crippen molar-refractivity contribution in [1.82, 2.24) is 4.90 Å². The van der Waals surface area contributed by atoms with Crippen LogP contribution in [-0.2, 0) is 9.59 Å². The smallest absolute Gasteiger partial charge is 0.326 e. The van der Waals surface area contributed by atoms with Gasteiger partial charge in [-0.3, -0.25) is 4.79 Å². The van der Waals surface area contributed by atoms with Crippen LogP contribution in [0.2, 0.25) is 0 Å². The van der Waals surface area contributed by atoms with E-state index in [1.54, 1.807) is 0 Å². The highest BCUT2D eigenvalue weighted by Gasteiger charge is 2.31. The summed E-state index contributed by atoms with van der Waals surface area (Å²) >= 11 is 5.37. The number of amides is 1. The number of hydrogen-bond acceptors (Lipinski definition) is 2. The number of alkyl halides is 1. The second-order valence-corrected chi connectivity index (χ2v) is 3.34. The average molecular weight is 206 g/mol. The second-order valence-electron chi connectivity index (χ2n) is 3.07. The summed E-state index contributed by atoms with van der Waals surface area (Å²) in [5.74, 6) is -1.35. The lowest BCUT2D eigenvalue weighted by molar-refractivity contribution is -0.151. The maximum atomic E-state index is 11.2. The molecule has 1 heterocycles. The van der Waals surface area contributed by atoms with E-state index in [0.29, 0.717) is 13.0 Å². The Bertz CT molecular complexity index is 219. The topological polar surface area (TPSA) is 57.6 Å². The van der Waals surface area contributed by atoms with Gasteiger partial charge in [0.25, 0.3) is 0 Å². The van der Waals surface area contributed by atoms with Gasteiger partial charge in [0.1, 0.15) is 11.9 Å². The lowest BCUT2D eigenvalue weighted by Gasteiger charge is -2.32. The summed E-state index contributed by atoms with van der Waals surface area (Å²) in [4.78, 5) is 23.3. The van der Waals surface area contributed by atoms with Crippen LogP contribution >= 0.6 is 11.6 Å². The van der Waals surface area contributed by atoms with Crippen LogP contribution < -0.4 is 0 Å². The zero-order valence-corrected chi connectivity index (χ0v) is 7.96. The van der Waals surface area contributed by atoms with Gasteiger partial charge in [-0.2, -0.15) is 0 Å². The Balaban J connectivity index is 2.67. The Kier molecular flexibility index (Phi) is 3.54. The van der Waals surface area contributed by atoms with Crippen molar-refractivity contribution in [2.45, 2.75) is 25.3 Å². The number of aliphatic carboxylic acids is 1. The van der Waals surface area contributed by atoms with Gasteiger partial charge in [-0.15, -0.1) is 11.6 Å². The molecule has 0 bridgehead atoms. The molecule has 1 rings (SSSR count). The Morgan fingerprint density at radius 1 is 1.46 bits per heavy atom. The van der Waals surface area contributed by atoms with Crippen LogP contribution in [0.15, 0.2) is 0 Å². The number of carboxylic acids is 1. The summed E-state index contributed by atoms with van der Waals surface area (Å²) in [6.45, 7) is 0.516. The monoisotopic (exact) mass is 205 g/mol. The summed E-state index contributed by atoms with van der Waals surface area (Å²) in [7, 11) is 0. The number of carbonyl (C=O) groups is 2. The Hall–Kier alpha value is -0.770. The van der Waals surface area contributed by atoms with E-state index in [0.717, 1.165) is 12.8 Å². The molecule has 4 nitrogen and oxygen atoms in total. The molecule has 0 aromatic heterocycles. The van der Waals surface area contributed by atoms with E-state index in [2.05, 4.69) is 0 Å². The highest BCUT2D eigenvalue weighted by atomic mass is 35.5. The minimum atomic E-state index is -0.932. The van der Waals surface area contributed by atoms with E-state index >= 15 is 0 Å². The number of hydrogen-bond donors (Lipinski definition) is 1. The van der Waals surface area contributed by atoms with Crippen molar-refractivity contribution in [3.63, 3.8) is 0 Å². The molecule has 1 aliphatic rings. The number of rotatable bonds is 2.